The first-order valence-corrected chi connectivity index (χ1v) is 6.04. The van der Waals surface area contributed by atoms with Crippen LogP contribution in [0.25, 0.3) is 0 Å². The zero-order valence-electron chi connectivity index (χ0n) is 10.0. The predicted octanol–water partition coefficient (Wildman–Crippen LogP) is -1.01. The molecule has 0 aromatic rings. The summed E-state index contributed by atoms with van der Waals surface area (Å²) in [5.74, 6) is 0. The van der Waals surface area contributed by atoms with Crippen molar-refractivity contribution < 1.29 is 29.9 Å². The summed E-state index contributed by atoms with van der Waals surface area (Å²) in [6, 6.07) is 0. The highest BCUT2D eigenvalue weighted by Crippen LogP contribution is 2.22. The monoisotopic (exact) mass is 250 g/mol. The molecule has 0 amide bonds. The summed E-state index contributed by atoms with van der Waals surface area (Å²) in [5.41, 5.74) is 0. The van der Waals surface area contributed by atoms with Gasteiger partial charge in [-0.2, -0.15) is 0 Å². The molecule has 0 aromatic carbocycles. The van der Waals surface area contributed by atoms with Crippen LogP contribution in [-0.4, -0.2) is 64.3 Å². The smallest absolute Gasteiger partial charge is 0.186 e. The van der Waals surface area contributed by atoms with Crippen molar-refractivity contribution in [2.45, 2.75) is 56.9 Å². The fourth-order valence-corrected chi connectivity index (χ4v) is 1.76. The van der Waals surface area contributed by atoms with Crippen LogP contribution in [0.2, 0.25) is 0 Å². The van der Waals surface area contributed by atoms with Crippen molar-refractivity contribution in [2.75, 3.05) is 13.2 Å². The minimum absolute atomic E-state index is 0.413. The Bertz CT molecular complexity index is 210. The molecule has 1 rings (SSSR count). The Labute approximate surface area is 101 Å². The number of hydrogen-bond donors (Lipinski definition) is 4. The van der Waals surface area contributed by atoms with E-state index in [1.165, 1.54) is 0 Å². The highest BCUT2D eigenvalue weighted by atomic mass is 16.7. The Morgan fingerprint density at radius 2 is 1.76 bits per heavy atom. The SMILES string of the molecule is CCCCCO[C@H]1O[C@H](CO)[C@H](O)[C@H](O)[C@@H]1O. The van der Waals surface area contributed by atoms with Crippen LogP contribution >= 0.6 is 0 Å². The third-order valence-corrected chi connectivity index (χ3v) is 2.88. The fraction of sp³-hybridized carbons (Fsp3) is 1.00. The quantitative estimate of drug-likeness (QED) is 0.451. The Morgan fingerprint density at radius 3 is 2.35 bits per heavy atom. The summed E-state index contributed by atoms with van der Waals surface area (Å²) in [6.45, 7) is 2.05. The minimum atomic E-state index is -1.36. The highest BCUT2D eigenvalue weighted by Gasteiger charge is 2.43. The second-order valence-corrected chi connectivity index (χ2v) is 4.28. The fourth-order valence-electron chi connectivity index (χ4n) is 1.76. The summed E-state index contributed by atoms with van der Waals surface area (Å²) in [6.07, 6.45) is -2.98. The van der Waals surface area contributed by atoms with Crippen molar-refractivity contribution in [1.82, 2.24) is 0 Å². The van der Waals surface area contributed by atoms with Crippen molar-refractivity contribution >= 4 is 0 Å². The molecule has 0 radical (unpaired) electrons. The lowest BCUT2D eigenvalue weighted by molar-refractivity contribution is -0.301. The average Bonchev–Trinajstić information content (AvgIpc) is 2.34. The maximum Gasteiger partial charge on any atom is 0.186 e. The summed E-state index contributed by atoms with van der Waals surface area (Å²) in [5, 5.41) is 37.6. The van der Waals surface area contributed by atoms with E-state index in [1.807, 2.05) is 0 Å². The van der Waals surface area contributed by atoms with Gasteiger partial charge in [-0.3, -0.25) is 0 Å². The van der Waals surface area contributed by atoms with E-state index in [2.05, 4.69) is 6.92 Å². The van der Waals surface area contributed by atoms with Crippen molar-refractivity contribution in [3.05, 3.63) is 0 Å². The Kier molecular flexibility index (Phi) is 6.32. The number of ether oxygens (including phenoxy) is 2. The lowest BCUT2D eigenvalue weighted by atomic mass is 9.99. The molecule has 0 aliphatic carbocycles. The third kappa shape index (κ3) is 3.87. The van der Waals surface area contributed by atoms with Crippen molar-refractivity contribution in [3.8, 4) is 0 Å². The van der Waals surface area contributed by atoms with E-state index in [9.17, 15) is 15.3 Å². The molecule has 0 unspecified atom stereocenters. The Morgan fingerprint density at radius 1 is 1.06 bits per heavy atom. The van der Waals surface area contributed by atoms with Crippen LogP contribution in [0.1, 0.15) is 26.2 Å². The van der Waals surface area contributed by atoms with Gasteiger partial charge in [-0.05, 0) is 6.42 Å². The van der Waals surface area contributed by atoms with Gasteiger partial charge in [0.2, 0.25) is 0 Å². The maximum atomic E-state index is 9.64. The second-order valence-electron chi connectivity index (χ2n) is 4.28. The van der Waals surface area contributed by atoms with Crippen LogP contribution < -0.4 is 0 Å². The van der Waals surface area contributed by atoms with E-state index < -0.39 is 37.3 Å². The number of hydrogen-bond acceptors (Lipinski definition) is 6. The topological polar surface area (TPSA) is 99.4 Å². The van der Waals surface area contributed by atoms with Gasteiger partial charge in [0.25, 0.3) is 0 Å². The molecular weight excluding hydrogens is 228 g/mol. The van der Waals surface area contributed by atoms with Crippen LogP contribution in [0.5, 0.6) is 0 Å². The van der Waals surface area contributed by atoms with Gasteiger partial charge in [0, 0.05) is 6.61 Å². The summed E-state index contributed by atoms with van der Waals surface area (Å²) < 4.78 is 10.5. The summed E-state index contributed by atoms with van der Waals surface area (Å²) in [7, 11) is 0. The molecule has 5 atom stereocenters. The zero-order chi connectivity index (χ0) is 12.8. The highest BCUT2D eigenvalue weighted by molar-refractivity contribution is 4.88. The van der Waals surface area contributed by atoms with E-state index in [0.717, 1.165) is 19.3 Å². The van der Waals surface area contributed by atoms with Gasteiger partial charge < -0.3 is 29.9 Å². The van der Waals surface area contributed by atoms with Gasteiger partial charge in [0.15, 0.2) is 6.29 Å². The molecular formula is C11H22O6. The van der Waals surface area contributed by atoms with Gasteiger partial charge in [-0.25, -0.2) is 0 Å². The first-order chi connectivity index (χ1) is 8.11. The average molecular weight is 250 g/mol. The summed E-state index contributed by atoms with van der Waals surface area (Å²) >= 11 is 0. The largest absolute Gasteiger partial charge is 0.394 e. The van der Waals surface area contributed by atoms with E-state index >= 15 is 0 Å². The third-order valence-electron chi connectivity index (χ3n) is 2.88. The molecule has 1 aliphatic rings. The number of unbranched alkanes of at least 4 members (excludes halogenated alkanes) is 2. The van der Waals surface area contributed by atoms with Gasteiger partial charge in [-0.1, -0.05) is 19.8 Å². The van der Waals surface area contributed by atoms with Crippen LogP contribution in [0, 0.1) is 0 Å². The Balaban J connectivity index is 2.42. The standard InChI is InChI=1S/C11H22O6/c1-2-3-4-5-16-11-10(15)9(14)8(13)7(6-12)17-11/h7-15H,2-6H2,1H3/t7-,8+,9+,10+,11+/m1/s1. The first-order valence-electron chi connectivity index (χ1n) is 6.04. The molecule has 6 heteroatoms. The molecule has 102 valence electrons. The van der Waals surface area contributed by atoms with Crippen LogP contribution in [0.4, 0.5) is 0 Å². The molecule has 6 nitrogen and oxygen atoms in total. The summed E-state index contributed by atoms with van der Waals surface area (Å²) in [4.78, 5) is 0. The molecule has 0 saturated carbocycles. The molecule has 4 N–H and O–H groups in total. The number of aliphatic hydroxyl groups excluding tert-OH is 4. The van der Waals surface area contributed by atoms with Crippen LogP contribution in [-0.2, 0) is 9.47 Å². The van der Waals surface area contributed by atoms with E-state index in [-0.39, 0.29) is 0 Å². The second kappa shape index (κ2) is 7.25. The van der Waals surface area contributed by atoms with E-state index in [0.29, 0.717) is 6.61 Å². The molecule has 17 heavy (non-hydrogen) atoms. The van der Waals surface area contributed by atoms with Crippen LogP contribution in [0.15, 0.2) is 0 Å². The first kappa shape index (κ1) is 14.8. The number of rotatable bonds is 6. The van der Waals surface area contributed by atoms with E-state index in [1.54, 1.807) is 0 Å². The molecule has 0 spiro atoms. The van der Waals surface area contributed by atoms with Crippen molar-refractivity contribution in [1.29, 1.82) is 0 Å². The maximum absolute atomic E-state index is 9.64. The zero-order valence-corrected chi connectivity index (χ0v) is 10.0. The predicted molar refractivity (Wildman–Crippen MR) is 59.2 cm³/mol. The van der Waals surface area contributed by atoms with Gasteiger partial charge in [0.05, 0.1) is 6.61 Å². The lowest BCUT2D eigenvalue weighted by Gasteiger charge is -2.39. The molecule has 0 bridgehead atoms. The van der Waals surface area contributed by atoms with Gasteiger partial charge in [-0.15, -0.1) is 0 Å². The number of aliphatic hydroxyl groups is 4. The van der Waals surface area contributed by atoms with Crippen molar-refractivity contribution in [2.24, 2.45) is 0 Å². The van der Waals surface area contributed by atoms with Crippen LogP contribution in [0.3, 0.4) is 0 Å². The molecule has 0 aromatic heterocycles. The lowest BCUT2D eigenvalue weighted by Crippen LogP contribution is -2.59. The normalized spacial score (nSPS) is 38.3. The Hall–Kier alpha value is -0.240. The molecule has 1 aliphatic heterocycles. The molecule has 1 heterocycles. The van der Waals surface area contributed by atoms with Gasteiger partial charge >= 0.3 is 0 Å². The van der Waals surface area contributed by atoms with Crippen molar-refractivity contribution in [3.63, 3.8) is 0 Å². The van der Waals surface area contributed by atoms with E-state index in [4.69, 9.17) is 14.6 Å². The molecule has 1 saturated heterocycles. The van der Waals surface area contributed by atoms with Gasteiger partial charge in [0.1, 0.15) is 24.4 Å². The molecule has 1 fully saturated rings. The minimum Gasteiger partial charge on any atom is -0.394 e.